The molecule has 2 rings (SSSR count). The number of rotatable bonds is 2. The van der Waals surface area contributed by atoms with E-state index < -0.39 is 6.10 Å². The summed E-state index contributed by atoms with van der Waals surface area (Å²) in [4.78, 5) is 14.7. The molecule has 6 nitrogen and oxygen atoms in total. The molecule has 0 spiro atoms. The zero-order valence-electron chi connectivity index (χ0n) is 7.31. The zero-order valence-corrected chi connectivity index (χ0v) is 7.31. The number of aliphatic hydroxyl groups excluding tert-OH is 1. The SMILES string of the molecule is C=CC(O)c1nc(N)c2[nH]cnc2n1. The van der Waals surface area contributed by atoms with E-state index in [-0.39, 0.29) is 11.6 Å². The van der Waals surface area contributed by atoms with Crippen molar-refractivity contribution in [1.82, 2.24) is 19.9 Å². The Morgan fingerprint density at radius 3 is 3.07 bits per heavy atom. The number of H-pyrrole nitrogens is 1. The number of aliphatic hydroxyl groups is 1. The summed E-state index contributed by atoms with van der Waals surface area (Å²) >= 11 is 0. The first-order valence-electron chi connectivity index (χ1n) is 3.99. The van der Waals surface area contributed by atoms with Gasteiger partial charge < -0.3 is 15.8 Å². The Bertz CT molecular complexity index is 478. The molecule has 0 radical (unpaired) electrons. The molecule has 0 bridgehead atoms. The highest BCUT2D eigenvalue weighted by molar-refractivity contribution is 5.80. The van der Waals surface area contributed by atoms with Crippen molar-refractivity contribution in [2.45, 2.75) is 6.10 Å². The Kier molecular flexibility index (Phi) is 1.90. The largest absolute Gasteiger partial charge is 0.382 e. The molecule has 6 heteroatoms. The van der Waals surface area contributed by atoms with Crippen molar-refractivity contribution in [2.75, 3.05) is 5.73 Å². The molecule has 14 heavy (non-hydrogen) atoms. The minimum Gasteiger partial charge on any atom is -0.382 e. The van der Waals surface area contributed by atoms with E-state index in [1.807, 2.05) is 0 Å². The van der Waals surface area contributed by atoms with Crippen LogP contribution in [0.15, 0.2) is 19.0 Å². The number of nitrogens with two attached hydrogens (primary N) is 1. The monoisotopic (exact) mass is 191 g/mol. The predicted molar refractivity (Wildman–Crippen MR) is 51.3 cm³/mol. The van der Waals surface area contributed by atoms with Crippen molar-refractivity contribution < 1.29 is 5.11 Å². The quantitative estimate of drug-likeness (QED) is 0.587. The van der Waals surface area contributed by atoms with Crippen LogP contribution in [0.2, 0.25) is 0 Å². The van der Waals surface area contributed by atoms with Crippen molar-refractivity contribution in [1.29, 1.82) is 0 Å². The maximum Gasteiger partial charge on any atom is 0.183 e. The minimum absolute atomic E-state index is 0.206. The van der Waals surface area contributed by atoms with Gasteiger partial charge in [-0.15, -0.1) is 6.58 Å². The summed E-state index contributed by atoms with van der Waals surface area (Å²) in [6.07, 6.45) is 1.88. The Labute approximate surface area is 79.5 Å². The van der Waals surface area contributed by atoms with Crippen LogP contribution in [0.3, 0.4) is 0 Å². The number of nitrogens with one attached hydrogen (secondary N) is 1. The van der Waals surface area contributed by atoms with Gasteiger partial charge in [0.15, 0.2) is 17.3 Å². The van der Waals surface area contributed by atoms with Crippen LogP contribution in [0.1, 0.15) is 11.9 Å². The maximum atomic E-state index is 9.41. The van der Waals surface area contributed by atoms with Gasteiger partial charge >= 0.3 is 0 Å². The van der Waals surface area contributed by atoms with Crippen LogP contribution in [-0.2, 0) is 0 Å². The van der Waals surface area contributed by atoms with E-state index in [1.54, 1.807) is 0 Å². The van der Waals surface area contributed by atoms with Crippen molar-refractivity contribution in [3.8, 4) is 0 Å². The summed E-state index contributed by atoms with van der Waals surface area (Å²) in [6.45, 7) is 3.44. The normalized spacial score (nSPS) is 12.9. The summed E-state index contributed by atoms with van der Waals surface area (Å²) in [5, 5.41) is 9.41. The van der Waals surface area contributed by atoms with Gasteiger partial charge in [-0.2, -0.15) is 0 Å². The lowest BCUT2D eigenvalue weighted by molar-refractivity contribution is 0.219. The molecule has 1 unspecified atom stereocenters. The average Bonchev–Trinajstić information content (AvgIpc) is 2.64. The maximum absolute atomic E-state index is 9.41. The number of nitrogen functional groups attached to an aromatic ring is 1. The Hall–Kier alpha value is -1.95. The fourth-order valence-electron chi connectivity index (χ4n) is 1.11. The molecule has 0 aliphatic rings. The van der Waals surface area contributed by atoms with Gasteiger partial charge in [0.05, 0.1) is 6.33 Å². The molecule has 72 valence electrons. The molecule has 0 aliphatic heterocycles. The summed E-state index contributed by atoms with van der Waals surface area (Å²) < 4.78 is 0. The van der Waals surface area contributed by atoms with Crippen LogP contribution < -0.4 is 5.73 Å². The van der Waals surface area contributed by atoms with Gasteiger partial charge in [-0.25, -0.2) is 15.0 Å². The second kappa shape index (κ2) is 3.08. The summed E-state index contributed by atoms with van der Waals surface area (Å²) in [5.41, 5.74) is 6.64. The van der Waals surface area contributed by atoms with Gasteiger partial charge in [0.2, 0.25) is 0 Å². The van der Waals surface area contributed by atoms with Crippen LogP contribution in [0.5, 0.6) is 0 Å². The van der Waals surface area contributed by atoms with Crippen molar-refractivity contribution >= 4 is 17.0 Å². The average molecular weight is 191 g/mol. The van der Waals surface area contributed by atoms with E-state index in [9.17, 15) is 5.11 Å². The summed E-state index contributed by atoms with van der Waals surface area (Å²) in [7, 11) is 0. The van der Waals surface area contributed by atoms with Crippen molar-refractivity contribution in [3.05, 3.63) is 24.8 Å². The molecule has 2 heterocycles. The molecular formula is C8H9N5O. The third-order valence-electron chi connectivity index (χ3n) is 1.82. The molecule has 4 N–H and O–H groups in total. The van der Waals surface area contributed by atoms with Gasteiger partial charge in [-0.05, 0) is 0 Å². The number of anilines is 1. The van der Waals surface area contributed by atoms with Gasteiger partial charge in [-0.3, -0.25) is 0 Å². The molecule has 0 saturated carbocycles. The number of fused-ring (bicyclic) bond motifs is 1. The van der Waals surface area contributed by atoms with Gasteiger partial charge in [-0.1, -0.05) is 6.08 Å². The highest BCUT2D eigenvalue weighted by Gasteiger charge is 2.11. The van der Waals surface area contributed by atoms with Crippen LogP contribution in [0, 0.1) is 0 Å². The number of hydrogen-bond acceptors (Lipinski definition) is 5. The van der Waals surface area contributed by atoms with E-state index in [1.165, 1.54) is 12.4 Å². The standard InChI is InChI=1S/C8H9N5O/c1-2-4(14)7-12-6(9)5-8(13-7)11-3-10-5/h2-4,14H,1H2,(H3,9,10,11,12,13). The highest BCUT2D eigenvalue weighted by atomic mass is 16.3. The second-order valence-electron chi connectivity index (χ2n) is 2.75. The van der Waals surface area contributed by atoms with E-state index in [2.05, 4.69) is 26.5 Å². The van der Waals surface area contributed by atoms with E-state index in [0.29, 0.717) is 11.2 Å². The smallest absolute Gasteiger partial charge is 0.183 e. The first-order valence-corrected chi connectivity index (χ1v) is 3.99. The molecular weight excluding hydrogens is 182 g/mol. The van der Waals surface area contributed by atoms with E-state index in [0.717, 1.165) is 0 Å². The zero-order chi connectivity index (χ0) is 10.1. The molecule has 0 fully saturated rings. The van der Waals surface area contributed by atoms with Crippen LogP contribution >= 0.6 is 0 Å². The van der Waals surface area contributed by atoms with Crippen LogP contribution in [-0.4, -0.2) is 25.0 Å². The van der Waals surface area contributed by atoms with E-state index >= 15 is 0 Å². The van der Waals surface area contributed by atoms with Crippen molar-refractivity contribution in [3.63, 3.8) is 0 Å². The molecule has 2 aromatic rings. The lowest BCUT2D eigenvalue weighted by Crippen LogP contribution is -2.04. The molecule has 0 amide bonds. The topological polar surface area (TPSA) is 101 Å². The molecule has 2 aromatic heterocycles. The lowest BCUT2D eigenvalue weighted by atomic mass is 10.3. The Morgan fingerprint density at radius 1 is 1.57 bits per heavy atom. The van der Waals surface area contributed by atoms with Gasteiger partial charge in [0.1, 0.15) is 11.6 Å². The minimum atomic E-state index is -0.918. The third kappa shape index (κ3) is 1.21. The number of hydrogen-bond donors (Lipinski definition) is 3. The first kappa shape index (κ1) is 8.64. The predicted octanol–water partition coefficient (Wildman–Crippen LogP) is 0.155. The lowest BCUT2D eigenvalue weighted by Gasteiger charge is -2.03. The first-order chi connectivity index (χ1) is 6.72. The summed E-state index contributed by atoms with van der Waals surface area (Å²) in [6, 6.07) is 0. The fourth-order valence-corrected chi connectivity index (χ4v) is 1.11. The molecule has 1 atom stereocenters. The molecule has 0 aliphatic carbocycles. The Balaban J connectivity index is 2.63. The van der Waals surface area contributed by atoms with Gasteiger partial charge in [0.25, 0.3) is 0 Å². The number of aromatic nitrogens is 4. The Morgan fingerprint density at radius 2 is 2.36 bits per heavy atom. The number of aromatic amines is 1. The fraction of sp³-hybridized carbons (Fsp3) is 0.125. The van der Waals surface area contributed by atoms with E-state index in [4.69, 9.17) is 5.73 Å². The van der Waals surface area contributed by atoms with Crippen LogP contribution in [0.4, 0.5) is 5.82 Å². The summed E-state index contributed by atoms with van der Waals surface area (Å²) in [5.74, 6) is 0.473. The number of nitrogens with zero attached hydrogens (tertiary/aromatic N) is 3. The van der Waals surface area contributed by atoms with Gasteiger partial charge in [0, 0.05) is 0 Å². The van der Waals surface area contributed by atoms with Crippen molar-refractivity contribution in [2.24, 2.45) is 0 Å². The highest BCUT2D eigenvalue weighted by Crippen LogP contribution is 2.16. The number of imidazole rings is 1. The molecule has 0 aromatic carbocycles. The van der Waals surface area contributed by atoms with Crippen LogP contribution in [0.25, 0.3) is 11.2 Å². The third-order valence-corrected chi connectivity index (χ3v) is 1.82. The second-order valence-corrected chi connectivity index (χ2v) is 2.75. The molecule has 0 saturated heterocycles.